The molecule has 0 radical (unpaired) electrons. The van der Waals surface area contributed by atoms with Crippen molar-refractivity contribution < 1.29 is 18.0 Å². The van der Waals surface area contributed by atoms with Gasteiger partial charge in [-0.05, 0) is 20.3 Å². The van der Waals surface area contributed by atoms with Gasteiger partial charge >= 0.3 is 6.18 Å². The zero-order valence-corrected chi connectivity index (χ0v) is 9.47. The van der Waals surface area contributed by atoms with E-state index < -0.39 is 17.6 Å². The first-order valence-electron chi connectivity index (χ1n) is 5.28. The summed E-state index contributed by atoms with van der Waals surface area (Å²) in [6.45, 7) is 3.26. The molecule has 1 fully saturated rings. The van der Waals surface area contributed by atoms with E-state index in [0.717, 1.165) is 0 Å². The Morgan fingerprint density at radius 1 is 1.50 bits per heavy atom. The Bertz CT molecular complexity index is 276. The highest BCUT2D eigenvalue weighted by molar-refractivity contribution is 5.77. The Morgan fingerprint density at radius 3 is 2.44 bits per heavy atom. The number of nitrogens with zero attached hydrogens (tertiary/aromatic N) is 1. The zero-order valence-electron chi connectivity index (χ0n) is 9.47. The third-order valence-electron chi connectivity index (χ3n) is 3.24. The fraction of sp³-hybridized carbons (Fsp3) is 0.900. The average molecular weight is 238 g/mol. The van der Waals surface area contributed by atoms with Crippen LogP contribution in [0.1, 0.15) is 26.7 Å². The maximum Gasteiger partial charge on any atom is 0.394 e. The van der Waals surface area contributed by atoms with Gasteiger partial charge in [0.2, 0.25) is 5.91 Å². The summed E-state index contributed by atoms with van der Waals surface area (Å²) >= 11 is 0. The molecular weight excluding hydrogens is 221 g/mol. The standard InChI is InChI=1S/C10H17F3N2O/c1-9(2)7(10(11,12)13)4-6-15(9)8(16)3-5-14/h7H,3-6,14H2,1-2H3. The molecule has 94 valence electrons. The van der Waals surface area contributed by atoms with Crippen molar-refractivity contribution in [3.05, 3.63) is 0 Å². The predicted octanol–water partition coefficient (Wildman–Crippen LogP) is 1.52. The van der Waals surface area contributed by atoms with E-state index in [0.29, 0.717) is 0 Å². The second kappa shape index (κ2) is 4.24. The molecule has 1 heterocycles. The quantitative estimate of drug-likeness (QED) is 0.793. The summed E-state index contributed by atoms with van der Waals surface area (Å²) in [6, 6.07) is 0. The molecule has 16 heavy (non-hydrogen) atoms. The van der Waals surface area contributed by atoms with Crippen molar-refractivity contribution in [3.63, 3.8) is 0 Å². The summed E-state index contributed by atoms with van der Waals surface area (Å²) in [4.78, 5) is 12.9. The molecule has 1 amide bonds. The Kier molecular flexibility index (Phi) is 3.52. The molecular formula is C10H17F3N2O. The molecule has 1 atom stereocenters. The van der Waals surface area contributed by atoms with Gasteiger partial charge in [0, 0.05) is 25.0 Å². The molecule has 1 aliphatic heterocycles. The van der Waals surface area contributed by atoms with Crippen LogP contribution in [0.25, 0.3) is 0 Å². The first kappa shape index (κ1) is 13.3. The predicted molar refractivity (Wildman–Crippen MR) is 53.6 cm³/mol. The highest BCUT2D eigenvalue weighted by Crippen LogP contribution is 2.44. The third-order valence-corrected chi connectivity index (χ3v) is 3.24. The van der Waals surface area contributed by atoms with Crippen molar-refractivity contribution in [2.24, 2.45) is 11.7 Å². The van der Waals surface area contributed by atoms with Crippen molar-refractivity contribution >= 4 is 5.91 Å². The number of halogens is 3. The maximum atomic E-state index is 12.7. The summed E-state index contributed by atoms with van der Waals surface area (Å²) in [6.07, 6.45) is -4.16. The van der Waals surface area contributed by atoms with Crippen LogP contribution in [0.3, 0.4) is 0 Å². The molecule has 0 spiro atoms. The van der Waals surface area contributed by atoms with Gasteiger partial charge in [-0.1, -0.05) is 0 Å². The summed E-state index contributed by atoms with van der Waals surface area (Å²) in [5, 5.41) is 0. The van der Waals surface area contributed by atoms with Crippen LogP contribution in [0.4, 0.5) is 13.2 Å². The number of carbonyl (C=O) groups is 1. The van der Waals surface area contributed by atoms with E-state index in [9.17, 15) is 18.0 Å². The molecule has 0 saturated carbocycles. The lowest BCUT2D eigenvalue weighted by Gasteiger charge is -2.36. The van der Waals surface area contributed by atoms with E-state index in [4.69, 9.17) is 5.73 Å². The van der Waals surface area contributed by atoms with E-state index >= 15 is 0 Å². The van der Waals surface area contributed by atoms with Gasteiger partial charge in [-0.25, -0.2) is 0 Å². The lowest BCUT2D eigenvalue weighted by Crippen LogP contribution is -2.50. The number of amides is 1. The van der Waals surface area contributed by atoms with E-state index in [2.05, 4.69) is 0 Å². The van der Waals surface area contributed by atoms with Gasteiger partial charge in [0.15, 0.2) is 0 Å². The first-order valence-corrected chi connectivity index (χ1v) is 5.28. The average Bonchev–Trinajstić information content (AvgIpc) is 2.40. The van der Waals surface area contributed by atoms with Crippen LogP contribution in [-0.4, -0.2) is 35.6 Å². The molecule has 0 aromatic carbocycles. The van der Waals surface area contributed by atoms with Gasteiger partial charge in [-0.3, -0.25) is 4.79 Å². The van der Waals surface area contributed by atoms with E-state index in [1.54, 1.807) is 0 Å². The molecule has 1 unspecified atom stereocenters. The number of likely N-dealkylation sites (tertiary alicyclic amines) is 1. The first-order chi connectivity index (χ1) is 7.21. The fourth-order valence-electron chi connectivity index (χ4n) is 2.36. The van der Waals surface area contributed by atoms with Crippen LogP contribution in [0.15, 0.2) is 0 Å². The van der Waals surface area contributed by atoms with Crippen molar-refractivity contribution in [2.45, 2.75) is 38.4 Å². The highest BCUT2D eigenvalue weighted by atomic mass is 19.4. The van der Waals surface area contributed by atoms with Crippen molar-refractivity contribution in [1.82, 2.24) is 4.90 Å². The van der Waals surface area contributed by atoms with Gasteiger partial charge in [0.25, 0.3) is 0 Å². The molecule has 0 aromatic rings. The second-order valence-corrected chi connectivity index (χ2v) is 4.62. The fourth-order valence-corrected chi connectivity index (χ4v) is 2.36. The van der Waals surface area contributed by atoms with E-state index in [-0.39, 0.29) is 31.8 Å². The van der Waals surface area contributed by atoms with E-state index in [1.807, 2.05) is 0 Å². The van der Waals surface area contributed by atoms with Crippen LogP contribution in [0, 0.1) is 5.92 Å². The smallest absolute Gasteiger partial charge is 0.337 e. The topological polar surface area (TPSA) is 46.3 Å². The minimum atomic E-state index is -4.25. The Hall–Kier alpha value is -0.780. The lowest BCUT2D eigenvalue weighted by molar-refractivity contribution is -0.192. The van der Waals surface area contributed by atoms with Gasteiger partial charge in [-0.15, -0.1) is 0 Å². The summed E-state index contributed by atoms with van der Waals surface area (Å²) in [5.74, 6) is -1.74. The molecule has 0 aliphatic carbocycles. The molecule has 2 N–H and O–H groups in total. The molecule has 1 aliphatic rings. The summed E-state index contributed by atoms with van der Waals surface area (Å²) in [5.41, 5.74) is 4.07. The third kappa shape index (κ3) is 2.31. The van der Waals surface area contributed by atoms with Crippen LogP contribution in [-0.2, 0) is 4.79 Å². The van der Waals surface area contributed by atoms with Gasteiger partial charge < -0.3 is 10.6 Å². The van der Waals surface area contributed by atoms with Crippen LogP contribution >= 0.6 is 0 Å². The van der Waals surface area contributed by atoms with E-state index in [1.165, 1.54) is 18.7 Å². The normalized spacial score (nSPS) is 24.9. The number of alkyl halides is 3. The monoisotopic (exact) mass is 238 g/mol. The summed E-state index contributed by atoms with van der Waals surface area (Å²) in [7, 11) is 0. The van der Waals surface area contributed by atoms with Crippen molar-refractivity contribution in [3.8, 4) is 0 Å². The minimum absolute atomic E-state index is 0.0210. The van der Waals surface area contributed by atoms with Crippen LogP contribution in [0.5, 0.6) is 0 Å². The molecule has 3 nitrogen and oxygen atoms in total. The lowest BCUT2D eigenvalue weighted by atomic mass is 9.88. The number of carbonyl (C=O) groups excluding carboxylic acids is 1. The summed E-state index contributed by atoms with van der Waals surface area (Å²) < 4.78 is 38.1. The largest absolute Gasteiger partial charge is 0.394 e. The van der Waals surface area contributed by atoms with Gasteiger partial charge in [0.1, 0.15) is 0 Å². The zero-order chi connectivity index (χ0) is 12.6. The van der Waals surface area contributed by atoms with Crippen molar-refractivity contribution in [1.29, 1.82) is 0 Å². The number of hydrogen-bond donors (Lipinski definition) is 1. The highest BCUT2D eigenvalue weighted by Gasteiger charge is 2.55. The second-order valence-electron chi connectivity index (χ2n) is 4.62. The maximum absolute atomic E-state index is 12.7. The molecule has 6 heteroatoms. The molecule has 1 rings (SSSR count). The van der Waals surface area contributed by atoms with Crippen LogP contribution in [0.2, 0.25) is 0 Å². The number of rotatable bonds is 2. The Balaban J connectivity index is 2.83. The van der Waals surface area contributed by atoms with Crippen molar-refractivity contribution in [2.75, 3.05) is 13.1 Å². The SMILES string of the molecule is CC1(C)C(C(F)(F)F)CCN1C(=O)CCN. The minimum Gasteiger partial charge on any atom is -0.337 e. The van der Waals surface area contributed by atoms with Crippen LogP contribution < -0.4 is 5.73 Å². The molecule has 0 aromatic heterocycles. The number of nitrogens with two attached hydrogens (primary N) is 1. The van der Waals surface area contributed by atoms with Gasteiger partial charge in [-0.2, -0.15) is 13.2 Å². The Morgan fingerprint density at radius 2 is 2.06 bits per heavy atom. The number of hydrogen-bond acceptors (Lipinski definition) is 2. The molecule has 0 bridgehead atoms. The molecule has 1 saturated heterocycles. The Labute approximate surface area is 92.8 Å². The van der Waals surface area contributed by atoms with Gasteiger partial charge in [0.05, 0.1) is 5.92 Å².